The van der Waals surface area contributed by atoms with Gasteiger partial charge in [-0.15, -0.1) is 0 Å². The topological polar surface area (TPSA) is 94.1 Å². The van der Waals surface area contributed by atoms with E-state index in [0.717, 1.165) is 16.8 Å². The summed E-state index contributed by atoms with van der Waals surface area (Å²) in [5, 5.41) is 13.9. The summed E-state index contributed by atoms with van der Waals surface area (Å²) in [6, 6.07) is 7.02. The molecule has 0 amide bonds. The standard InChI is InChI=1S/C14H16N4O2/c1-8-6-9(2)13(10(3)7-8)16-12-5-4-11(18(19)20)14(15)17-12/h4-7H,1-3H3,(H3,15,16,17). The van der Waals surface area contributed by atoms with E-state index in [9.17, 15) is 10.1 Å². The Hall–Kier alpha value is -2.63. The van der Waals surface area contributed by atoms with Crippen molar-refractivity contribution in [2.75, 3.05) is 11.1 Å². The molecule has 1 aromatic heterocycles. The van der Waals surface area contributed by atoms with Gasteiger partial charge in [0.2, 0.25) is 5.82 Å². The molecule has 0 spiro atoms. The maximum absolute atomic E-state index is 10.7. The van der Waals surface area contributed by atoms with E-state index in [2.05, 4.69) is 22.4 Å². The number of nitrogens with two attached hydrogens (primary N) is 1. The van der Waals surface area contributed by atoms with Gasteiger partial charge >= 0.3 is 5.69 Å². The first-order valence-electron chi connectivity index (χ1n) is 6.14. The van der Waals surface area contributed by atoms with Gasteiger partial charge in [0.1, 0.15) is 5.82 Å². The number of nitrogens with one attached hydrogen (secondary N) is 1. The fourth-order valence-corrected chi connectivity index (χ4v) is 2.20. The second kappa shape index (κ2) is 5.16. The molecule has 6 nitrogen and oxygen atoms in total. The molecule has 0 atom stereocenters. The van der Waals surface area contributed by atoms with E-state index in [-0.39, 0.29) is 11.5 Å². The third kappa shape index (κ3) is 2.69. The van der Waals surface area contributed by atoms with Gasteiger partial charge in [0.05, 0.1) is 4.92 Å². The zero-order chi connectivity index (χ0) is 14.9. The quantitative estimate of drug-likeness (QED) is 0.660. The van der Waals surface area contributed by atoms with E-state index in [1.54, 1.807) is 6.07 Å². The van der Waals surface area contributed by atoms with Crippen molar-refractivity contribution in [2.24, 2.45) is 0 Å². The van der Waals surface area contributed by atoms with Gasteiger partial charge in [0.25, 0.3) is 0 Å². The molecule has 0 aliphatic rings. The molecule has 2 aromatic rings. The summed E-state index contributed by atoms with van der Waals surface area (Å²) in [5.74, 6) is 0.394. The van der Waals surface area contributed by atoms with E-state index >= 15 is 0 Å². The van der Waals surface area contributed by atoms with Crippen LogP contribution >= 0.6 is 0 Å². The zero-order valence-corrected chi connectivity index (χ0v) is 11.6. The van der Waals surface area contributed by atoms with Gasteiger partial charge in [-0.25, -0.2) is 4.98 Å². The van der Waals surface area contributed by atoms with E-state index in [4.69, 9.17) is 5.73 Å². The SMILES string of the molecule is Cc1cc(C)c(Nc2ccc([N+](=O)[O-])c(N)n2)c(C)c1. The minimum Gasteiger partial charge on any atom is -0.378 e. The van der Waals surface area contributed by atoms with Gasteiger partial charge in [-0.05, 0) is 38.0 Å². The first kappa shape index (κ1) is 13.8. The minimum atomic E-state index is -0.547. The van der Waals surface area contributed by atoms with Crippen LogP contribution < -0.4 is 11.1 Å². The molecule has 2 rings (SSSR count). The van der Waals surface area contributed by atoms with Crippen molar-refractivity contribution >= 4 is 23.0 Å². The second-order valence-electron chi connectivity index (χ2n) is 4.76. The molecular formula is C14H16N4O2. The van der Waals surface area contributed by atoms with Crippen LogP contribution in [0.5, 0.6) is 0 Å². The van der Waals surface area contributed by atoms with Crippen LogP contribution in [0, 0.1) is 30.9 Å². The highest BCUT2D eigenvalue weighted by Gasteiger charge is 2.13. The number of nitrogens with zero attached hydrogens (tertiary/aromatic N) is 2. The lowest BCUT2D eigenvalue weighted by Gasteiger charge is -2.13. The third-order valence-electron chi connectivity index (χ3n) is 3.03. The molecule has 0 aliphatic heterocycles. The summed E-state index contributed by atoms with van der Waals surface area (Å²) < 4.78 is 0. The van der Waals surface area contributed by atoms with E-state index in [1.165, 1.54) is 11.6 Å². The lowest BCUT2D eigenvalue weighted by Crippen LogP contribution is -2.03. The summed E-state index contributed by atoms with van der Waals surface area (Å²) in [7, 11) is 0. The Morgan fingerprint density at radius 2 is 1.80 bits per heavy atom. The number of pyridine rings is 1. The Morgan fingerprint density at radius 3 is 2.30 bits per heavy atom. The fraction of sp³-hybridized carbons (Fsp3) is 0.214. The predicted octanol–water partition coefficient (Wildman–Crippen LogP) is 3.24. The molecule has 1 aromatic carbocycles. The third-order valence-corrected chi connectivity index (χ3v) is 3.03. The van der Waals surface area contributed by atoms with E-state index < -0.39 is 4.92 Å². The second-order valence-corrected chi connectivity index (χ2v) is 4.76. The van der Waals surface area contributed by atoms with Gasteiger partial charge < -0.3 is 11.1 Å². The van der Waals surface area contributed by atoms with E-state index in [1.807, 2.05) is 20.8 Å². The first-order valence-corrected chi connectivity index (χ1v) is 6.14. The largest absolute Gasteiger partial charge is 0.378 e. The van der Waals surface area contributed by atoms with Crippen LogP contribution in [-0.4, -0.2) is 9.91 Å². The Kier molecular flexibility index (Phi) is 3.56. The van der Waals surface area contributed by atoms with Crippen LogP contribution in [0.4, 0.5) is 23.0 Å². The van der Waals surface area contributed by atoms with Crippen LogP contribution in [0.1, 0.15) is 16.7 Å². The number of anilines is 3. The molecule has 0 fully saturated rings. The highest BCUT2D eigenvalue weighted by atomic mass is 16.6. The number of rotatable bonds is 3. The first-order chi connectivity index (χ1) is 9.38. The molecular weight excluding hydrogens is 256 g/mol. The van der Waals surface area contributed by atoms with Crippen LogP contribution in [0.2, 0.25) is 0 Å². The summed E-state index contributed by atoms with van der Waals surface area (Å²) in [6.07, 6.45) is 0. The summed E-state index contributed by atoms with van der Waals surface area (Å²) in [5.41, 5.74) is 9.69. The van der Waals surface area contributed by atoms with Crippen molar-refractivity contribution in [3.63, 3.8) is 0 Å². The average molecular weight is 272 g/mol. The van der Waals surface area contributed by atoms with Gasteiger partial charge in [-0.2, -0.15) is 0 Å². The van der Waals surface area contributed by atoms with Gasteiger partial charge in [0.15, 0.2) is 0 Å². The van der Waals surface area contributed by atoms with E-state index in [0.29, 0.717) is 5.82 Å². The Bertz CT molecular complexity index is 660. The van der Waals surface area contributed by atoms with Crippen LogP contribution in [0.15, 0.2) is 24.3 Å². The smallest absolute Gasteiger partial charge is 0.311 e. The minimum absolute atomic E-state index is 0.0950. The fourth-order valence-electron chi connectivity index (χ4n) is 2.20. The molecule has 0 saturated heterocycles. The highest BCUT2D eigenvalue weighted by molar-refractivity contribution is 5.67. The number of aryl methyl sites for hydroxylation is 3. The number of hydrogen-bond acceptors (Lipinski definition) is 5. The Labute approximate surface area is 116 Å². The van der Waals surface area contributed by atoms with Gasteiger partial charge in [0, 0.05) is 11.8 Å². The summed E-state index contributed by atoms with van der Waals surface area (Å²) >= 11 is 0. The average Bonchev–Trinajstić information content (AvgIpc) is 2.33. The van der Waals surface area contributed by atoms with Crippen LogP contribution in [0.3, 0.4) is 0 Å². The monoisotopic (exact) mass is 272 g/mol. The van der Waals surface area contributed by atoms with Crippen molar-refractivity contribution in [2.45, 2.75) is 20.8 Å². The van der Waals surface area contributed by atoms with Crippen molar-refractivity contribution < 1.29 is 4.92 Å². The van der Waals surface area contributed by atoms with Crippen LogP contribution in [-0.2, 0) is 0 Å². The highest BCUT2D eigenvalue weighted by Crippen LogP contribution is 2.27. The molecule has 20 heavy (non-hydrogen) atoms. The lowest BCUT2D eigenvalue weighted by atomic mass is 10.1. The molecule has 104 valence electrons. The van der Waals surface area contributed by atoms with Crippen molar-refractivity contribution in [1.29, 1.82) is 0 Å². The van der Waals surface area contributed by atoms with Crippen molar-refractivity contribution in [3.8, 4) is 0 Å². The molecule has 0 saturated carbocycles. The van der Waals surface area contributed by atoms with Gasteiger partial charge in [-0.1, -0.05) is 17.7 Å². The molecule has 0 unspecified atom stereocenters. The number of nitro groups is 1. The van der Waals surface area contributed by atoms with Crippen LogP contribution in [0.25, 0.3) is 0 Å². The number of nitrogen functional groups attached to an aromatic ring is 1. The zero-order valence-electron chi connectivity index (χ0n) is 11.6. The predicted molar refractivity (Wildman–Crippen MR) is 79.2 cm³/mol. The Balaban J connectivity index is 2.36. The maximum atomic E-state index is 10.7. The molecule has 0 aliphatic carbocycles. The summed E-state index contributed by atoms with van der Waals surface area (Å²) in [6.45, 7) is 6.03. The molecule has 3 N–H and O–H groups in total. The number of aromatic nitrogens is 1. The molecule has 1 heterocycles. The molecule has 0 radical (unpaired) electrons. The number of benzene rings is 1. The van der Waals surface area contributed by atoms with Gasteiger partial charge in [-0.3, -0.25) is 10.1 Å². The Morgan fingerprint density at radius 1 is 1.20 bits per heavy atom. The van der Waals surface area contributed by atoms with Crippen molar-refractivity contribution in [3.05, 3.63) is 51.1 Å². The molecule has 6 heteroatoms. The molecule has 0 bridgehead atoms. The number of hydrogen-bond donors (Lipinski definition) is 2. The normalized spacial score (nSPS) is 10.3. The van der Waals surface area contributed by atoms with Crippen molar-refractivity contribution in [1.82, 2.24) is 4.98 Å². The summed E-state index contributed by atoms with van der Waals surface area (Å²) in [4.78, 5) is 14.2. The lowest BCUT2D eigenvalue weighted by molar-refractivity contribution is -0.384. The maximum Gasteiger partial charge on any atom is 0.311 e.